The summed E-state index contributed by atoms with van der Waals surface area (Å²) < 4.78 is 5.16. The molecule has 0 aromatic rings. The van der Waals surface area contributed by atoms with Gasteiger partial charge >= 0.3 is 5.97 Å². The summed E-state index contributed by atoms with van der Waals surface area (Å²) in [4.78, 5) is 13.8. The summed E-state index contributed by atoms with van der Waals surface area (Å²) in [6, 6.07) is 0.598. The Morgan fingerprint density at radius 3 is 3.00 bits per heavy atom. The number of hydrogen-bond donors (Lipinski definition) is 1. The highest BCUT2D eigenvalue weighted by molar-refractivity contribution is 5.71. The molecule has 2 rings (SSSR count). The van der Waals surface area contributed by atoms with Gasteiger partial charge in [0.1, 0.15) is 0 Å². The zero-order valence-corrected chi connectivity index (χ0v) is 10.2. The molecule has 2 fully saturated rings. The van der Waals surface area contributed by atoms with Crippen molar-refractivity contribution in [2.45, 2.75) is 38.8 Å². The zero-order valence-electron chi connectivity index (χ0n) is 10.2. The molecule has 0 aliphatic carbocycles. The van der Waals surface area contributed by atoms with Gasteiger partial charge in [-0.15, -0.1) is 0 Å². The van der Waals surface area contributed by atoms with Gasteiger partial charge < -0.3 is 10.1 Å². The quantitative estimate of drug-likeness (QED) is 0.716. The molecule has 0 aromatic carbocycles. The first kappa shape index (κ1) is 11.9. The maximum atomic E-state index is 11.5. The lowest BCUT2D eigenvalue weighted by Crippen LogP contribution is -2.41. The molecule has 2 heterocycles. The Hall–Kier alpha value is -0.610. The molecule has 92 valence electrons. The monoisotopic (exact) mass is 226 g/mol. The van der Waals surface area contributed by atoms with Gasteiger partial charge in [-0.3, -0.25) is 9.69 Å². The van der Waals surface area contributed by atoms with Crippen LogP contribution in [-0.4, -0.2) is 49.2 Å². The number of piperidine rings is 1. The lowest BCUT2D eigenvalue weighted by Gasteiger charge is -2.24. The molecule has 0 spiro atoms. The van der Waals surface area contributed by atoms with E-state index in [1.807, 2.05) is 13.8 Å². The van der Waals surface area contributed by atoms with Crippen LogP contribution in [0.4, 0.5) is 0 Å². The molecule has 4 nitrogen and oxygen atoms in total. The number of nitrogens with zero attached hydrogens (tertiary/aromatic N) is 1. The summed E-state index contributed by atoms with van der Waals surface area (Å²) in [5.41, 5.74) is 0. The minimum atomic E-state index is -0.0892. The van der Waals surface area contributed by atoms with Crippen LogP contribution in [-0.2, 0) is 9.53 Å². The van der Waals surface area contributed by atoms with Crippen molar-refractivity contribution in [3.63, 3.8) is 0 Å². The Morgan fingerprint density at radius 1 is 1.50 bits per heavy atom. The van der Waals surface area contributed by atoms with E-state index in [-0.39, 0.29) is 12.1 Å². The van der Waals surface area contributed by atoms with E-state index in [2.05, 4.69) is 10.2 Å². The SMILES string of the molecule is CC(C)OC(=O)CN1CC2CCCNC2C1. The third kappa shape index (κ3) is 2.95. The second-order valence-corrected chi connectivity index (χ2v) is 5.20. The average Bonchev–Trinajstić information content (AvgIpc) is 2.57. The number of likely N-dealkylation sites (tertiary alicyclic amines) is 1. The summed E-state index contributed by atoms with van der Waals surface area (Å²) in [6.45, 7) is 7.41. The lowest BCUT2D eigenvalue weighted by molar-refractivity contribution is -0.148. The lowest BCUT2D eigenvalue weighted by atomic mass is 9.94. The van der Waals surface area contributed by atoms with Gasteiger partial charge in [0.05, 0.1) is 12.6 Å². The second-order valence-electron chi connectivity index (χ2n) is 5.20. The number of nitrogens with one attached hydrogen (secondary N) is 1. The van der Waals surface area contributed by atoms with E-state index in [4.69, 9.17) is 4.74 Å². The van der Waals surface area contributed by atoms with E-state index in [1.54, 1.807) is 0 Å². The topological polar surface area (TPSA) is 41.6 Å². The summed E-state index contributed by atoms with van der Waals surface area (Å²) >= 11 is 0. The standard InChI is InChI=1S/C12H22N2O2/c1-9(2)16-12(15)8-14-6-10-4-3-5-13-11(10)7-14/h9-11,13H,3-8H2,1-2H3. The van der Waals surface area contributed by atoms with E-state index in [0.717, 1.165) is 25.6 Å². The summed E-state index contributed by atoms with van der Waals surface area (Å²) in [5, 5.41) is 3.53. The van der Waals surface area contributed by atoms with Crippen LogP contribution in [0.25, 0.3) is 0 Å². The van der Waals surface area contributed by atoms with Gasteiger partial charge in [0, 0.05) is 19.1 Å². The number of esters is 1. The van der Waals surface area contributed by atoms with Crippen molar-refractivity contribution in [3.8, 4) is 0 Å². The molecular weight excluding hydrogens is 204 g/mol. The van der Waals surface area contributed by atoms with Crippen LogP contribution < -0.4 is 5.32 Å². The average molecular weight is 226 g/mol. The van der Waals surface area contributed by atoms with E-state index >= 15 is 0 Å². The summed E-state index contributed by atoms with van der Waals surface area (Å²) in [5.74, 6) is 0.647. The molecule has 2 aliphatic rings. The Morgan fingerprint density at radius 2 is 2.31 bits per heavy atom. The molecule has 0 amide bonds. The maximum Gasteiger partial charge on any atom is 0.320 e. The van der Waals surface area contributed by atoms with E-state index in [1.165, 1.54) is 12.8 Å². The van der Waals surface area contributed by atoms with E-state index < -0.39 is 0 Å². The predicted molar refractivity (Wildman–Crippen MR) is 62.2 cm³/mol. The highest BCUT2D eigenvalue weighted by Crippen LogP contribution is 2.24. The second kappa shape index (κ2) is 5.15. The number of rotatable bonds is 3. The van der Waals surface area contributed by atoms with Gasteiger partial charge in [0.25, 0.3) is 0 Å². The smallest absolute Gasteiger partial charge is 0.320 e. The van der Waals surface area contributed by atoms with Crippen molar-refractivity contribution >= 4 is 5.97 Å². The molecule has 2 aliphatic heterocycles. The van der Waals surface area contributed by atoms with Gasteiger partial charge in [-0.05, 0) is 39.2 Å². The number of hydrogen-bond acceptors (Lipinski definition) is 4. The zero-order chi connectivity index (χ0) is 11.5. The minimum Gasteiger partial charge on any atom is -0.462 e. The first-order valence-corrected chi connectivity index (χ1v) is 6.30. The van der Waals surface area contributed by atoms with Gasteiger partial charge in [-0.2, -0.15) is 0 Å². The van der Waals surface area contributed by atoms with Crippen molar-refractivity contribution < 1.29 is 9.53 Å². The fourth-order valence-corrected chi connectivity index (χ4v) is 2.75. The van der Waals surface area contributed by atoms with E-state index in [0.29, 0.717) is 12.6 Å². The Kier molecular flexibility index (Phi) is 3.82. The predicted octanol–water partition coefficient (Wildman–Crippen LogP) is 0.622. The summed E-state index contributed by atoms with van der Waals surface area (Å²) in [7, 11) is 0. The summed E-state index contributed by atoms with van der Waals surface area (Å²) in [6.07, 6.45) is 2.56. The third-order valence-electron chi connectivity index (χ3n) is 3.39. The van der Waals surface area contributed by atoms with Crippen LogP contribution in [0.3, 0.4) is 0 Å². The van der Waals surface area contributed by atoms with Crippen LogP contribution >= 0.6 is 0 Å². The van der Waals surface area contributed by atoms with Crippen molar-refractivity contribution in [2.24, 2.45) is 5.92 Å². The molecule has 2 unspecified atom stereocenters. The largest absolute Gasteiger partial charge is 0.462 e. The normalized spacial score (nSPS) is 30.4. The molecule has 0 bridgehead atoms. The molecule has 16 heavy (non-hydrogen) atoms. The van der Waals surface area contributed by atoms with Crippen LogP contribution in [0.5, 0.6) is 0 Å². The van der Waals surface area contributed by atoms with Crippen LogP contribution in [0.1, 0.15) is 26.7 Å². The van der Waals surface area contributed by atoms with Gasteiger partial charge in [-0.1, -0.05) is 0 Å². The number of ether oxygens (including phenoxy) is 1. The van der Waals surface area contributed by atoms with E-state index in [9.17, 15) is 4.79 Å². The Labute approximate surface area is 97.3 Å². The van der Waals surface area contributed by atoms with Crippen molar-refractivity contribution in [1.82, 2.24) is 10.2 Å². The number of fused-ring (bicyclic) bond motifs is 1. The molecule has 2 atom stereocenters. The van der Waals surface area contributed by atoms with Crippen molar-refractivity contribution in [3.05, 3.63) is 0 Å². The molecule has 0 aromatic heterocycles. The van der Waals surface area contributed by atoms with Crippen LogP contribution in [0.2, 0.25) is 0 Å². The fourth-order valence-electron chi connectivity index (χ4n) is 2.75. The Balaban J connectivity index is 1.77. The molecule has 0 radical (unpaired) electrons. The molecular formula is C12H22N2O2. The minimum absolute atomic E-state index is 0.00416. The van der Waals surface area contributed by atoms with Crippen LogP contribution in [0.15, 0.2) is 0 Å². The van der Waals surface area contributed by atoms with Crippen molar-refractivity contribution in [1.29, 1.82) is 0 Å². The number of carbonyl (C=O) groups excluding carboxylic acids is 1. The maximum absolute atomic E-state index is 11.5. The molecule has 4 heteroatoms. The third-order valence-corrected chi connectivity index (χ3v) is 3.39. The van der Waals surface area contributed by atoms with Gasteiger partial charge in [0.2, 0.25) is 0 Å². The fraction of sp³-hybridized carbons (Fsp3) is 0.917. The first-order valence-electron chi connectivity index (χ1n) is 6.30. The Bertz CT molecular complexity index is 241. The number of carbonyl (C=O) groups is 1. The highest BCUT2D eigenvalue weighted by Gasteiger charge is 2.34. The molecule has 1 N–H and O–H groups in total. The highest BCUT2D eigenvalue weighted by atomic mass is 16.5. The molecule has 2 saturated heterocycles. The van der Waals surface area contributed by atoms with Crippen LogP contribution in [0, 0.1) is 5.92 Å². The first-order chi connectivity index (χ1) is 7.65. The van der Waals surface area contributed by atoms with Gasteiger partial charge in [-0.25, -0.2) is 0 Å². The van der Waals surface area contributed by atoms with Gasteiger partial charge in [0.15, 0.2) is 0 Å². The van der Waals surface area contributed by atoms with Crippen molar-refractivity contribution in [2.75, 3.05) is 26.2 Å². The molecule has 0 saturated carbocycles.